The molecule has 3 aliphatic rings. The highest BCUT2D eigenvalue weighted by Gasteiger charge is 2.37. The topological polar surface area (TPSA) is 119 Å². The number of nitrogens with zero attached hydrogens (tertiary/aromatic N) is 2. The number of carbonyl (C=O) groups is 1. The van der Waals surface area contributed by atoms with Gasteiger partial charge in [-0.3, -0.25) is 9.59 Å². The number of hydrogen-bond donors (Lipinski definition) is 3. The van der Waals surface area contributed by atoms with Gasteiger partial charge in [0.1, 0.15) is 5.82 Å². The van der Waals surface area contributed by atoms with Crippen LogP contribution in [0.2, 0.25) is 0 Å². The van der Waals surface area contributed by atoms with E-state index in [1.54, 1.807) is 11.5 Å². The average molecular weight is 535 g/mol. The first-order chi connectivity index (χ1) is 18.8. The number of nitrogens with one attached hydrogen (secondary N) is 1. The molecule has 4 heterocycles. The zero-order chi connectivity index (χ0) is 27.4. The standard InChI is InChI=1S/C30H35FN4O4/c1-3-4-6-17-18-11-24-28-19(13-35(24)29(37)20(18)14-39-30(17)38)27-22(33-25(36)7-5-10-32)9-8-16-15(2)21(31)12-23(34-28)26(16)27/h11-12,17,22,30,38H,3-10,13-14,32H2,1-2H3,(H,33,36)/t17-,22-,30?/m0/s1. The Bertz CT molecular complexity index is 1550. The number of aromatic nitrogens is 2. The van der Waals surface area contributed by atoms with Crippen LogP contribution in [0.5, 0.6) is 0 Å². The molecule has 1 aliphatic carbocycles. The Kier molecular flexibility index (Phi) is 6.77. The number of carbonyl (C=O) groups excluding carboxylic acids is 1. The Morgan fingerprint density at radius 3 is 2.87 bits per heavy atom. The van der Waals surface area contributed by atoms with E-state index in [-0.39, 0.29) is 35.9 Å². The molecule has 0 bridgehead atoms. The Hall–Kier alpha value is -3.14. The minimum absolute atomic E-state index is 0.0607. The molecule has 206 valence electrons. The van der Waals surface area contributed by atoms with Crippen molar-refractivity contribution >= 4 is 16.8 Å². The molecule has 0 radical (unpaired) electrons. The molecule has 0 fully saturated rings. The van der Waals surface area contributed by atoms with Gasteiger partial charge in [-0.25, -0.2) is 9.37 Å². The molecule has 3 aromatic rings. The summed E-state index contributed by atoms with van der Waals surface area (Å²) in [7, 11) is 0. The molecule has 3 atom stereocenters. The molecule has 2 aromatic heterocycles. The number of unbranched alkanes of at least 4 members (excludes halogenated alkanes) is 1. The number of ether oxygens (including phenoxy) is 1. The van der Waals surface area contributed by atoms with Gasteiger partial charge in [0.25, 0.3) is 5.56 Å². The largest absolute Gasteiger partial charge is 0.367 e. The lowest BCUT2D eigenvalue weighted by atomic mass is 9.81. The second kappa shape index (κ2) is 10.1. The molecule has 0 saturated heterocycles. The van der Waals surface area contributed by atoms with E-state index < -0.39 is 6.29 Å². The number of rotatable bonds is 7. The van der Waals surface area contributed by atoms with E-state index in [0.29, 0.717) is 73.2 Å². The molecule has 1 unspecified atom stereocenters. The van der Waals surface area contributed by atoms with E-state index in [1.807, 2.05) is 6.07 Å². The smallest absolute Gasteiger partial charge is 0.257 e. The summed E-state index contributed by atoms with van der Waals surface area (Å²) in [6.45, 7) is 4.70. The molecule has 0 saturated carbocycles. The number of hydrogen-bond acceptors (Lipinski definition) is 6. The number of benzene rings is 1. The number of pyridine rings is 2. The van der Waals surface area contributed by atoms with E-state index in [2.05, 4.69) is 12.2 Å². The summed E-state index contributed by atoms with van der Waals surface area (Å²) in [5.41, 5.74) is 12.0. The van der Waals surface area contributed by atoms with Crippen LogP contribution in [0.1, 0.15) is 90.8 Å². The van der Waals surface area contributed by atoms with Gasteiger partial charge < -0.3 is 25.5 Å². The van der Waals surface area contributed by atoms with Crippen molar-refractivity contribution < 1.29 is 19.0 Å². The van der Waals surface area contributed by atoms with Crippen molar-refractivity contribution in [1.29, 1.82) is 0 Å². The predicted octanol–water partition coefficient (Wildman–Crippen LogP) is 3.84. The maximum absolute atomic E-state index is 15.0. The summed E-state index contributed by atoms with van der Waals surface area (Å²) < 4.78 is 22.4. The number of aryl methyl sites for hydroxylation is 1. The molecule has 1 aromatic carbocycles. The molecule has 0 spiro atoms. The molecule has 1 amide bonds. The number of halogens is 1. The third-order valence-electron chi connectivity index (χ3n) is 8.72. The number of nitrogens with two attached hydrogens (primary N) is 1. The Morgan fingerprint density at radius 1 is 1.28 bits per heavy atom. The third kappa shape index (κ3) is 4.18. The molecule has 39 heavy (non-hydrogen) atoms. The van der Waals surface area contributed by atoms with Crippen LogP contribution >= 0.6 is 0 Å². The number of aliphatic hydroxyl groups excluding tert-OH is 1. The first-order valence-corrected chi connectivity index (χ1v) is 14.0. The van der Waals surface area contributed by atoms with Crippen molar-refractivity contribution in [3.8, 4) is 11.4 Å². The lowest BCUT2D eigenvalue weighted by Crippen LogP contribution is -2.35. The number of fused-ring (bicyclic) bond motifs is 5. The third-order valence-corrected chi connectivity index (χ3v) is 8.72. The monoisotopic (exact) mass is 534 g/mol. The van der Waals surface area contributed by atoms with Gasteiger partial charge in [-0.1, -0.05) is 19.8 Å². The highest BCUT2D eigenvalue weighted by atomic mass is 19.1. The van der Waals surface area contributed by atoms with Crippen molar-refractivity contribution in [2.75, 3.05) is 6.54 Å². The molecule has 9 heteroatoms. The number of aliphatic hydroxyl groups is 1. The van der Waals surface area contributed by atoms with Crippen LogP contribution in [0.15, 0.2) is 16.9 Å². The van der Waals surface area contributed by atoms with Crippen molar-refractivity contribution in [2.45, 2.75) is 90.2 Å². The van der Waals surface area contributed by atoms with Crippen molar-refractivity contribution in [3.63, 3.8) is 0 Å². The molecule has 6 rings (SSSR count). The van der Waals surface area contributed by atoms with Crippen LogP contribution in [0.25, 0.3) is 22.3 Å². The summed E-state index contributed by atoms with van der Waals surface area (Å²) in [5, 5.41) is 14.7. The molecule has 4 N–H and O–H groups in total. The van der Waals surface area contributed by atoms with Gasteiger partial charge in [-0.05, 0) is 67.5 Å². The van der Waals surface area contributed by atoms with Crippen LogP contribution in [0.4, 0.5) is 4.39 Å². The van der Waals surface area contributed by atoms with Gasteiger partial charge in [0.15, 0.2) is 6.29 Å². The maximum atomic E-state index is 15.0. The fourth-order valence-corrected chi connectivity index (χ4v) is 6.67. The molecular weight excluding hydrogens is 499 g/mol. The van der Waals surface area contributed by atoms with Gasteiger partial charge in [0.2, 0.25) is 5.91 Å². The zero-order valence-corrected chi connectivity index (χ0v) is 22.5. The summed E-state index contributed by atoms with van der Waals surface area (Å²) in [6.07, 6.45) is 3.82. The first kappa shape index (κ1) is 26.1. The maximum Gasteiger partial charge on any atom is 0.257 e. The van der Waals surface area contributed by atoms with Crippen LogP contribution in [-0.4, -0.2) is 33.4 Å². The molecule has 8 nitrogen and oxygen atoms in total. The van der Waals surface area contributed by atoms with Crippen molar-refractivity contribution in [1.82, 2.24) is 14.9 Å². The van der Waals surface area contributed by atoms with Gasteiger partial charge in [0, 0.05) is 34.9 Å². The molecular formula is C30H35FN4O4. The number of amides is 1. The van der Waals surface area contributed by atoms with E-state index in [1.165, 1.54) is 6.07 Å². The summed E-state index contributed by atoms with van der Waals surface area (Å²) >= 11 is 0. The fraction of sp³-hybridized carbons (Fsp3) is 0.500. The van der Waals surface area contributed by atoms with Gasteiger partial charge >= 0.3 is 0 Å². The lowest BCUT2D eigenvalue weighted by Gasteiger charge is -2.30. The van der Waals surface area contributed by atoms with E-state index in [9.17, 15) is 14.7 Å². The highest BCUT2D eigenvalue weighted by Crippen LogP contribution is 2.45. The van der Waals surface area contributed by atoms with Crippen LogP contribution in [-0.2, 0) is 29.1 Å². The lowest BCUT2D eigenvalue weighted by molar-refractivity contribution is -0.135. The Labute approximate surface area is 226 Å². The van der Waals surface area contributed by atoms with Crippen molar-refractivity contribution in [3.05, 3.63) is 61.7 Å². The van der Waals surface area contributed by atoms with E-state index in [0.717, 1.165) is 40.5 Å². The summed E-state index contributed by atoms with van der Waals surface area (Å²) in [6, 6.07) is 3.18. The van der Waals surface area contributed by atoms with Gasteiger partial charge in [-0.2, -0.15) is 0 Å². The SMILES string of the molecule is CCCC[C@H]1c2cc3n(c(=O)c2COC1O)Cc1c-3nc2cc(F)c(C)c3c2c1[C@@H](NC(=O)CCCN)CC3. The van der Waals surface area contributed by atoms with E-state index in [4.69, 9.17) is 15.5 Å². The minimum Gasteiger partial charge on any atom is -0.367 e. The fourth-order valence-electron chi connectivity index (χ4n) is 6.67. The Balaban J connectivity index is 1.55. The minimum atomic E-state index is -0.967. The molecule has 2 aliphatic heterocycles. The Morgan fingerprint density at radius 2 is 2.10 bits per heavy atom. The van der Waals surface area contributed by atoms with Crippen molar-refractivity contribution in [2.24, 2.45) is 5.73 Å². The average Bonchev–Trinajstić information content (AvgIpc) is 3.29. The van der Waals surface area contributed by atoms with Gasteiger partial charge in [0.05, 0.1) is 36.1 Å². The van der Waals surface area contributed by atoms with E-state index >= 15 is 4.39 Å². The second-order valence-corrected chi connectivity index (χ2v) is 11.1. The predicted molar refractivity (Wildman–Crippen MR) is 146 cm³/mol. The summed E-state index contributed by atoms with van der Waals surface area (Å²) in [5.74, 6) is -0.669. The quantitative estimate of drug-likeness (QED) is 0.332. The van der Waals surface area contributed by atoms with Crippen LogP contribution in [0.3, 0.4) is 0 Å². The van der Waals surface area contributed by atoms with Crippen LogP contribution in [0, 0.1) is 12.7 Å². The normalized spacial score (nSPS) is 21.0. The zero-order valence-electron chi connectivity index (χ0n) is 22.5. The highest BCUT2D eigenvalue weighted by molar-refractivity contribution is 5.93. The van der Waals surface area contributed by atoms with Gasteiger partial charge in [-0.15, -0.1) is 0 Å². The first-order valence-electron chi connectivity index (χ1n) is 14.0. The summed E-state index contributed by atoms with van der Waals surface area (Å²) in [4.78, 5) is 31.5. The second-order valence-electron chi connectivity index (χ2n) is 11.1. The van der Waals surface area contributed by atoms with Crippen LogP contribution < -0.4 is 16.6 Å².